The summed E-state index contributed by atoms with van der Waals surface area (Å²) in [5, 5.41) is 2.35. The van der Waals surface area contributed by atoms with E-state index in [1.165, 1.54) is 42.5 Å². The van der Waals surface area contributed by atoms with Crippen LogP contribution in [0.25, 0.3) is 0 Å². The van der Waals surface area contributed by atoms with Crippen molar-refractivity contribution < 1.29 is 22.4 Å². The molecule has 0 aliphatic heterocycles. The number of carbonyl (C=O) groups is 1. The number of anilines is 1. The Morgan fingerprint density at radius 3 is 2.19 bits per heavy atom. The number of hydrogen-bond donors (Lipinski definition) is 1. The molecule has 0 aliphatic rings. The first-order valence-electron chi connectivity index (χ1n) is 5.77. The van der Waals surface area contributed by atoms with E-state index in [0.717, 1.165) is 0 Å². The average Bonchev–Trinajstić information content (AvgIpc) is 2.40. The molecule has 0 aromatic heterocycles. The fourth-order valence-electron chi connectivity index (χ4n) is 1.57. The summed E-state index contributed by atoms with van der Waals surface area (Å²) in [5.74, 6) is -1.18. The Balaban J connectivity index is 2.08. The maximum atomic E-state index is 13.4. The van der Waals surface area contributed by atoms with Gasteiger partial charge in [-0.25, -0.2) is 4.39 Å². The van der Waals surface area contributed by atoms with Crippen LogP contribution in [0.1, 0.15) is 10.4 Å². The molecule has 21 heavy (non-hydrogen) atoms. The van der Waals surface area contributed by atoms with E-state index in [1.807, 2.05) is 0 Å². The number of alkyl halides is 3. The largest absolute Gasteiger partial charge is 0.446 e. The molecule has 2 aromatic carbocycles. The van der Waals surface area contributed by atoms with Gasteiger partial charge in [0.15, 0.2) is 0 Å². The molecule has 2 rings (SSSR count). The Hall–Kier alpha value is -2.02. The SMILES string of the molecule is O=C(Nc1ccccc1F)c1ccc(SC(F)(F)F)cc1. The maximum absolute atomic E-state index is 13.4. The zero-order valence-electron chi connectivity index (χ0n) is 10.4. The Labute approximate surface area is 122 Å². The average molecular weight is 315 g/mol. The van der Waals surface area contributed by atoms with Crippen molar-refractivity contribution >= 4 is 23.4 Å². The molecule has 0 atom stereocenters. The van der Waals surface area contributed by atoms with Crippen LogP contribution in [0.4, 0.5) is 23.2 Å². The zero-order chi connectivity index (χ0) is 15.5. The highest BCUT2D eigenvalue weighted by Crippen LogP contribution is 2.36. The summed E-state index contributed by atoms with van der Waals surface area (Å²) in [6.45, 7) is 0. The number of rotatable bonds is 3. The van der Waals surface area contributed by atoms with E-state index in [9.17, 15) is 22.4 Å². The van der Waals surface area contributed by atoms with Gasteiger partial charge in [0, 0.05) is 10.5 Å². The molecule has 2 nitrogen and oxygen atoms in total. The zero-order valence-corrected chi connectivity index (χ0v) is 11.3. The van der Waals surface area contributed by atoms with Gasteiger partial charge in [-0.15, -0.1) is 0 Å². The van der Waals surface area contributed by atoms with Crippen molar-refractivity contribution in [1.82, 2.24) is 0 Å². The highest BCUT2D eigenvalue weighted by molar-refractivity contribution is 8.00. The van der Waals surface area contributed by atoms with Crippen molar-refractivity contribution in [3.63, 3.8) is 0 Å². The molecule has 0 spiro atoms. The molecular weight excluding hydrogens is 306 g/mol. The van der Waals surface area contributed by atoms with Gasteiger partial charge in [0.2, 0.25) is 0 Å². The van der Waals surface area contributed by atoms with Crippen LogP contribution < -0.4 is 5.32 Å². The molecule has 7 heteroatoms. The second kappa shape index (κ2) is 6.17. The number of halogens is 4. The fourth-order valence-corrected chi connectivity index (χ4v) is 2.10. The van der Waals surface area contributed by atoms with Gasteiger partial charge in [0.05, 0.1) is 5.69 Å². The molecular formula is C14H9F4NOS. The van der Waals surface area contributed by atoms with Gasteiger partial charge in [0.25, 0.3) is 5.91 Å². The molecule has 0 bridgehead atoms. The monoisotopic (exact) mass is 315 g/mol. The maximum Gasteiger partial charge on any atom is 0.446 e. The Bertz CT molecular complexity index is 640. The van der Waals surface area contributed by atoms with Gasteiger partial charge >= 0.3 is 5.51 Å². The quantitative estimate of drug-likeness (QED) is 0.657. The standard InChI is InChI=1S/C14H9F4NOS/c15-11-3-1-2-4-12(11)19-13(20)9-5-7-10(8-6-9)21-14(16,17)18/h1-8H,(H,19,20). The third-order valence-electron chi connectivity index (χ3n) is 2.47. The predicted octanol–water partition coefficient (Wildman–Crippen LogP) is 4.69. The fraction of sp³-hybridized carbons (Fsp3) is 0.0714. The molecule has 2 aromatic rings. The smallest absolute Gasteiger partial charge is 0.319 e. The molecule has 110 valence electrons. The van der Waals surface area contributed by atoms with Crippen molar-refractivity contribution in [2.45, 2.75) is 10.4 Å². The van der Waals surface area contributed by atoms with Crippen molar-refractivity contribution in [1.29, 1.82) is 0 Å². The lowest BCUT2D eigenvalue weighted by molar-refractivity contribution is -0.0328. The minimum Gasteiger partial charge on any atom is -0.319 e. The van der Waals surface area contributed by atoms with E-state index in [2.05, 4.69) is 5.32 Å². The Morgan fingerprint density at radius 2 is 1.62 bits per heavy atom. The van der Waals surface area contributed by atoms with Gasteiger partial charge in [-0.05, 0) is 48.2 Å². The van der Waals surface area contributed by atoms with E-state index in [1.54, 1.807) is 6.07 Å². The highest BCUT2D eigenvalue weighted by atomic mass is 32.2. The number of benzene rings is 2. The molecule has 0 unspecified atom stereocenters. The van der Waals surface area contributed by atoms with E-state index in [4.69, 9.17) is 0 Å². The van der Waals surface area contributed by atoms with Gasteiger partial charge in [-0.2, -0.15) is 13.2 Å². The summed E-state index contributed by atoms with van der Waals surface area (Å²) in [6.07, 6.45) is 0. The summed E-state index contributed by atoms with van der Waals surface area (Å²) in [7, 11) is 0. The van der Waals surface area contributed by atoms with Crippen LogP contribution in [0.2, 0.25) is 0 Å². The van der Waals surface area contributed by atoms with E-state index >= 15 is 0 Å². The predicted molar refractivity (Wildman–Crippen MR) is 72.7 cm³/mol. The van der Waals surface area contributed by atoms with Crippen molar-refractivity contribution in [2.24, 2.45) is 0 Å². The number of para-hydroxylation sites is 1. The van der Waals surface area contributed by atoms with Crippen LogP contribution in [-0.4, -0.2) is 11.4 Å². The summed E-state index contributed by atoms with van der Waals surface area (Å²) in [4.78, 5) is 11.8. The van der Waals surface area contributed by atoms with Gasteiger partial charge < -0.3 is 5.32 Å². The Kier molecular flexibility index (Phi) is 4.52. The third-order valence-corrected chi connectivity index (χ3v) is 3.21. The minimum absolute atomic E-state index is 0.0104. The molecule has 0 saturated carbocycles. The summed E-state index contributed by atoms with van der Waals surface area (Å²) in [5.41, 5.74) is -4.22. The molecule has 0 radical (unpaired) electrons. The van der Waals surface area contributed by atoms with Crippen molar-refractivity contribution in [3.05, 3.63) is 59.9 Å². The van der Waals surface area contributed by atoms with Crippen LogP contribution in [0.15, 0.2) is 53.4 Å². The number of nitrogens with one attached hydrogen (secondary N) is 1. The minimum atomic E-state index is -4.38. The molecule has 0 fully saturated rings. The van der Waals surface area contributed by atoms with Crippen LogP contribution in [0.3, 0.4) is 0 Å². The van der Waals surface area contributed by atoms with E-state index in [-0.39, 0.29) is 27.9 Å². The van der Waals surface area contributed by atoms with Gasteiger partial charge in [-0.3, -0.25) is 4.79 Å². The van der Waals surface area contributed by atoms with Crippen LogP contribution in [0, 0.1) is 5.82 Å². The lowest BCUT2D eigenvalue weighted by atomic mass is 10.2. The first kappa shape index (κ1) is 15.4. The molecule has 0 saturated heterocycles. The lowest BCUT2D eigenvalue weighted by Gasteiger charge is -2.08. The number of carbonyl (C=O) groups excluding carboxylic acids is 1. The Morgan fingerprint density at radius 1 is 1.00 bits per heavy atom. The lowest BCUT2D eigenvalue weighted by Crippen LogP contribution is -2.12. The first-order chi connectivity index (χ1) is 9.85. The first-order valence-corrected chi connectivity index (χ1v) is 6.58. The normalized spacial score (nSPS) is 11.2. The topological polar surface area (TPSA) is 29.1 Å². The second-order valence-corrected chi connectivity index (χ2v) is 5.14. The molecule has 0 aliphatic carbocycles. The summed E-state index contributed by atoms with van der Waals surface area (Å²) in [6, 6.07) is 10.5. The molecule has 1 N–H and O–H groups in total. The van der Waals surface area contributed by atoms with Crippen molar-refractivity contribution in [2.75, 3.05) is 5.32 Å². The van der Waals surface area contributed by atoms with E-state index in [0.29, 0.717) is 0 Å². The van der Waals surface area contributed by atoms with Crippen LogP contribution in [-0.2, 0) is 0 Å². The van der Waals surface area contributed by atoms with Crippen LogP contribution in [0.5, 0.6) is 0 Å². The highest BCUT2D eigenvalue weighted by Gasteiger charge is 2.29. The second-order valence-electron chi connectivity index (χ2n) is 4.01. The summed E-state index contributed by atoms with van der Waals surface area (Å²) >= 11 is -0.264. The summed E-state index contributed by atoms with van der Waals surface area (Å²) < 4.78 is 49.9. The van der Waals surface area contributed by atoms with Crippen molar-refractivity contribution in [3.8, 4) is 0 Å². The van der Waals surface area contributed by atoms with Gasteiger partial charge in [-0.1, -0.05) is 12.1 Å². The number of amides is 1. The third kappa shape index (κ3) is 4.49. The van der Waals surface area contributed by atoms with Gasteiger partial charge in [0.1, 0.15) is 5.82 Å². The molecule has 1 amide bonds. The van der Waals surface area contributed by atoms with Crippen LogP contribution >= 0.6 is 11.8 Å². The number of hydrogen-bond acceptors (Lipinski definition) is 2. The number of thioether (sulfide) groups is 1. The molecule has 0 heterocycles. The van der Waals surface area contributed by atoms with E-state index < -0.39 is 17.2 Å².